The van der Waals surface area contributed by atoms with E-state index in [4.69, 9.17) is 4.74 Å². The van der Waals surface area contributed by atoms with Crippen LogP contribution in [0.2, 0.25) is 0 Å². The summed E-state index contributed by atoms with van der Waals surface area (Å²) in [6.07, 6.45) is 3.48. The van der Waals surface area contributed by atoms with Crippen LogP contribution in [0.4, 0.5) is 14.9 Å². The maximum absolute atomic E-state index is 13.4. The highest BCUT2D eigenvalue weighted by Crippen LogP contribution is 2.28. The van der Waals surface area contributed by atoms with Gasteiger partial charge in [0.25, 0.3) is 5.91 Å². The molecule has 0 spiro atoms. The van der Waals surface area contributed by atoms with Crippen molar-refractivity contribution in [3.63, 3.8) is 0 Å². The van der Waals surface area contributed by atoms with Gasteiger partial charge in [-0.3, -0.25) is 9.78 Å². The third-order valence-electron chi connectivity index (χ3n) is 7.22. The number of ether oxygens (including phenoxy) is 1. The highest BCUT2D eigenvalue weighted by molar-refractivity contribution is 5.99. The molecule has 1 saturated heterocycles. The van der Waals surface area contributed by atoms with Crippen LogP contribution in [-0.2, 0) is 4.74 Å². The molecule has 3 N–H and O–H groups in total. The molecular formula is C32H29FN6O3. The van der Waals surface area contributed by atoms with Gasteiger partial charge < -0.3 is 25.3 Å². The van der Waals surface area contributed by atoms with Crippen molar-refractivity contribution in [2.75, 3.05) is 31.6 Å². The first kappa shape index (κ1) is 27.1. The molecule has 0 saturated carbocycles. The number of amides is 3. The zero-order chi connectivity index (χ0) is 29.1. The number of imidazole rings is 1. The molecule has 1 aliphatic rings. The van der Waals surface area contributed by atoms with Gasteiger partial charge in [-0.25, -0.2) is 14.2 Å². The molecule has 9 nitrogen and oxygen atoms in total. The molecule has 1 fully saturated rings. The standard InChI is InChI=1S/C32H29FN6O3/c1-20(21-6-8-26(33)9-7-21)36-31(40)25-14-24(15-27(16-25)37-32(41)39-10-12-42-13-11-39)29-19-35-30(38-29)28-17-22-4-2-3-5-23(22)18-34-28/h2-9,14-20H,10-13H2,1H3,(H,35,38)(H,36,40)(H,37,41)/t20-/m1/s1. The van der Waals surface area contributed by atoms with E-state index in [1.165, 1.54) is 12.1 Å². The number of nitrogens with zero attached hydrogens (tertiary/aromatic N) is 3. The van der Waals surface area contributed by atoms with Gasteiger partial charge >= 0.3 is 6.03 Å². The Bertz CT molecular complexity index is 1750. The van der Waals surface area contributed by atoms with Gasteiger partial charge in [-0.05, 0) is 54.3 Å². The van der Waals surface area contributed by atoms with Gasteiger partial charge in [-0.2, -0.15) is 0 Å². The first-order chi connectivity index (χ1) is 20.4. The number of benzene rings is 3. The quantitative estimate of drug-likeness (QED) is 0.242. The molecule has 1 atom stereocenters. The van der Waals surface area contributed by atoms with E-state index in [-0.39, 0.29) is 23.8 Å². The van der Waals surface area contributed by atoms with Crippen LogP contribution in [0.25, 0.3) is 33.5 Å². The van der Waals surface area contributed by atoms with E-state index in [0.717, 1.165) is 16.3 Å². The minimum absolute atomic E-state index is 0.271. The monoisotopic (exact) mass is 564 g/mol. The normalized spacial score (nSPS) is 14.0. The Morgan fingerprint density at radius 2 is 1.71 bits per heavy atom. The highest BCUT2D eigenvalue weighted by Gasteiger charge is 2.20. The lowest BCUT2D eigenvalue weighted by molar-refractivity contribution is 0.0564. The van der Waals surface area contributed by atoms with Crippen LogP contribution in [0, 0.1) is 5.82 Å². The van der Waals surface area contributed by atoms with E-state index in [9.17, 15) is 14.0 Å². The predicted octanol–water partition coefficient (Wildman–Crippen LogP) is 5.79. The fraction of sp³-hybridized carbons (Fsp3) is 0.188. The third-order valence-corrected chi connectivity index (χ3v) is 7.22. The number of nitrogens with one attached hydrogen (secondary N) is 3. The molecule has 0 bridgehead atoms. The minimum atomic E-state index is -0.370. The Kier molecular flexibility index (Phi) is 7.61. The number of H-pyrrole nitrogens is 1. The average molecular weight is 565 g/mol. The number of hydrogen-bond acceptors (Lipinski definition) is 5. The first-order valence-electron chi connectivity index (χ1n) is 13.7. The van der Waals surface area contributed by atoms with Gasteiger partial charge in [0.2, 0.25) is 0 Å². The van der Waals surface area contributed by atoms with Crippen LogP contribution >= 0.6 is 0 Å². The third kappa shape index (κ3) is 5.98. The largest absolute Gasteiger partial charge is 0.378 e. The van der Waals surface area contributed by atoms with Gasteiger partial charge in [-0.1, -0.05) is 36.4 Å². The Labute approximate surface area is 241 Å². The second-order valence-corrected chi connectivity index (χ2v) is 10.1. The van der Waals surface area contributed by atoms with E-state index in [0.29, 0.717) is 60.3 Å². The number of urea groups is 1. The maximum atomic E-state index is 13.4. The summed E-state index contributed by atoms with van der Waals surface area (Å²) >= 11 is 0. The van der Waals surface area contributed by atoms with Gasteiger partial charge in [0, 0.05) is 41.5 Å². The first-order valence-corrected chi connectivity index (χ1v) is 13.7. The summed E-state index contributed by atoms with van der Waals surface area (Å²) < 4.78 is 18.8. The minimum Gasteiger partial charge on any atom is -0.378 e. The molecular weight excluding hydrogens is 535 g/mol. The molecule has 0 unspecified atom stereocenters. The number of aromatic nitrogens is 3. The number of carbonyl (C=O) groups is 2. The van der Waals surface area contributed by atoms with E-state index >= 15 is 0 Å². The fourth-order valence-corrected chi connectivity index (χ4v) is 4.88. The molecule has 6 rings (SSSR count). The number of halogens is 1. The second-order valence-electron chi connectivity index (χ2n) is 10.1. The number of fused-ring (bicyclic) bond motifs is 1. The maximum Gasteiger partial charge on any atom is 0.322 e. The van der Waals surface area contributed by atoms with Crippen molar-refractivity contribution in [1.29, 1.82) is 0 Å². The summed E-state index contributed by atoms with van der Waals surface area (Å²) in [4.78, 5) is 40.5. The van der Waals surface area contributed by atoms with Crippen LogP contribution in [-0.4, -0.2) is 58.1 Å². The molecule has 3 aromatic carbocycles. The molecule has 3 heterocycles. The van der Waals surface area contributed by atoms with Gasteiger partial charge in [-0.15, -0.1) is 0 Å². The number of hydrogen-bond donors (Lipinski definition) is 3. The second kappa shape index (κ2) is 11.8. The number of aromatic amines is 1. The predicted molar refractivity (Wildman–Crippen MR) is 158 cm³/mol. The molecule has 2 aromatic heterocycles. The van der Waals surface area contributed by atoms with E-state index < -0.39 is 0 Å². The van der Waals surface area contributed by atoms with Crippen molar-refractivity contribution < 1.29 is 18.7 Å². The zero-order valence-corrected chi connectivity index (χ0v) is 22.9. The van der Waals surface area contributed by atoms with Crippen molar-refractivity contribution in [3.05, 3.63) is 102 Å². The molecule has 0 aliphatic carbocycles. The van der Waals surface area contributed by atoms with Crippen LogP contribution in [0.1, 0.15) is 28.9 Å². The number of pyridine rings is 1. The molecule has 0 radical (unpaired) electrons. The number of rotatable bonds is 6. The summed E-state index contributed by atoms with van der Waals surface area (Å²) in [5.41, 5.74) is 3.57. The topological polar surface area (TPSA) is 112 Å². The Balaban J connectivity index is 1.30. The van der Waals surface area contributed by atoms with Crippen molar-refractivity contribution in [2.24, 2.45) is 0 Å². The lowest BCUT2D eigenvalue weighted by atomic mass is 10.0. The summed E-state index contributed by atoms with van der Waals surface area (Å²) in [7, 11) is 0. The van der Waals surface area contributed by atoms with Crippen LogP contribution in [0.15, 0.2) is 85.2 Å². The lowest BCUT2D eigenvalue weighted by Crippen LogP contribution is -2.43. The smallest absolute Gasteiger partial charge is 0.322 e. The summed E-state index contributed by atoms with van der Waals surface area (Å²) in [5, 5.41) is 7.97. The lowest BCUT2D eigenvalue weighted by Gasteiger charge is -2.27. The zero-order valence-electron chi connectivity index (χ0n) is 22.9. The molecule has 212 valence electrons. The number of anilines is 1. The Hall–Kier alpha value is -5.09. The molecule has 3 amide bonds. The Morgan fingerprint density at radius 1 is 0.952 bits per heavy atom. The number of carbonyl (C=O) groups excluding carboxylic acids is 2. The van der Waals surface area contributed by atoms with Crippen molar-refractivity contribution >= 4 is 28.4 Å². The summed E-state index contributed by atoms with van der Waals surface area (Å²) in [6.45, 7) is 3.74. The van der Waals surface area contributed by atoms with E-state index in [1.54, 1.807) is 47.6 Å². The average Bonchev–Trinajstić information content (AvgIpc) is 3.52. The van der Waals surface area contributed by atoms with Crippen LogP contribution in [0.3, 0.4) is 0 Å². The molecule has 5 aromatic rings. The van der Waals surface area contributed by atoms with Crippen molar-refractivity contribution in [2.45, 2.75) is 13.0 Å². The van der Waals surface area contributed by atoms with Gasteiger partial charge in [0.05, 0.1) is 31.1 Å². The molecule has 42 heavy (non-hydrogen) atoms. The van der Waals surface area contributed by atoms with Gasteiger partial charge in [0.1, 0.15) is 11.5 Å². The number of morpholine rings is 1. The highest BCUT2D eigenvalue weighted by atomic mass is 19.1. The van der Waals surface area contributed by atoms with Crippen LogP contribution in [0.5, 0.6) is 0 Å². The van der Waals surface area contributed by atoms with E-state index in [2.05, 4.69) is 25.6 Å². The molecule has 10 heteroatoms. The van der Waals surface area contributed by atoms with E-state index in [1.807, 2.05) is 37.3 Å². The molecule has 1 aliphatic heterocycles. The Morgan fingerprint density at radius 3 is 2.50 bits per heavy atom. The van der Waals surface area contributed by atoms with Crippen LogP contribution < -0.4 is 10.6 Å². The van der Waals surface area contributed by atoms with Crippen molar-refractivity contribution in [1.82, 2.24) is 25.2 Å². The SMILES string of the molecule is C[C@@H](NC(=O)c1cc(NC(=O)N2CCOCC2)cc(-c2cnc(-c3cc4ccccc4cn3)[nH]2)c1)c1ccc(F)cc1. The summed E-state index contributed by atoms with van der Waals surface area (Å²) in [5.74, 6) is -0.107. The fourth-order valence-electron chi connectivity index (χ4n) is 4.88. The van der Waals surface area contributed by atoms with Crippen molar-refractivity contribution in [3.8, 4) is 22.8 Å². The van der Waals surface area contributed by atoms with Gasteiger partial charge in [0.15, 0.2) is 5.82 Å². The summed E-state index contributed by atoms with van der Waals surface area (Å²) in [6, 6.07) is 20.4.